The third-order valence-electron chi connectivity index (χ3n) is 3.70. The number of imide groups is 1. The van der Waals surface area contributed by atoms with Crippen molar-refractivity contribution in [2.24, 2.45) is 0 Å². The summed E-state index contributed by atoms with van der Waals surface area (Å²) in [5, 5.41) is 6.28. The second-order valence-corrected chi connectivity index (χ2v) is 5.06. The Kier molecular flexibility index (Phi) is 2.74. The summed E-state index contributed by atoms with van der Waals surface area (Å²) in [6.07, 6.45) is 4.87. The zero-order valence-corrected chi connectivity index (χ0v) is 11.7. The van der Waals surface area contributed by atoms with Crippen LogP contribution in [0.1, 0.15) is 0 Å². The average Bonchev–Trinajstić information content (AvgIpc) is 2.87. The highest BCUT2D eigenvalue weighted by Gasteiger charge is 2.28. The number of hydrogen-bond acceptors (Lipinski definition) is 4. The molecule has 1 fully saturated rings. The molecule has 3 heterocycles. The summed E-state index contributed by atoms with van der Waals surface area (Å²) in [6.45, 7) is 0. The molecule has 0 radical (unpaired) electrons. The molecular formula is C16H10N4O3. The minimum absolute atomic E-state index is 0.00102. The maximum absolute atomic E-state index is 11.9. The number of carbonyl (C=O) groups is 3. The maximum Gasteiger partial charge on any atom is 0.316 e. The molecule has 1 saturated heterocycles. The zero-order valence-electron chi connectivity index (χ0n) is 11.7. The van der Waals surface area contributed by atoms with Crippen molar-refractivity contribution in [3.63, 3.8) is 0 Å². The minimum Gasteiger partial charge on any atom is -0.312 e. The van der Waals surface area contributed by atoms with Crippen LogP contribution in [-0.2, 0) is 14.4 Å². The van der Waals surface area contributed by atoms with Gasteiger partial charge in [0.25, 0.3) is 5.91 Å². The summed E-state index contributed by atoms with van der Waals surface area (Å²) in [5.41, 5.74) is 1.66. The van der Waals surface area contributed by atoms with E-state index in [1.807, 2.05) is 35.6 Å². The number of aromatic nitrogens is 2. The highest BCUT2D eigenvalue weighted by Crippen LogP contribution is 2.28. The number of pyridine rings is 1. The fourth-order valence-electron chi connectivity index (χ4n) is 2.67. The second kappa shape index (κ2) is 4.77. The predicted molar refractivity (Wildman–Crippen MR) is 82.8 cm³/mol. The molecule has 23 heavy (non-hydrogen) atoms. The number of hydrogen-bond donors (Lipinski definition) is 2. The standard InChI is InChI=1S/C16H10N4O3/c21-14-11(18-15(22)16(23)19-14)8-20-12-4-2-1-3-9(12)10-5-6-17-7-13(10)20/h1-8H,(H,18,22)(H,19,21,23)/b11-8+. The van der Waals surface area contributed by atoms with Crippen LogP contribution in [0.15, 0.2) is 48.4 Å². The first-order chi connectivity index (χ1) is 11.1. The number of piperazine rings is 1. The monoisotopic (exact) mass is 306 g/mol. The van der Waals surface area contributed by atoms with Gasteiger partial charge in [-0.15, -0.1) is 0 Å². The first-order valence-corrected chi connectivity index (χ1v) is 6.86. The summed E-state index contributed by atoms with van der Waals surface area (Å²) in [5.74, 6) is -2.48. The number of fused-ring (bicyclic) bond motifs is 3. The zero-order chi connectivity index (χ0) is 16.0. The van der Waals surface area contributed by atoms with Gasteiger partial charge in [-0.2, -0.15) is 0 Å². The number of benzene rings is 1. The molecule has 112 valence electrons. The summed E-state index contributed by atoms with van der Waals surface area (Å²) < 4.78 is 1.77. The summed E-state index contributed by atoms with van der Waals surface area (Å²) in [4.78, 5) is 38.7. The summed E-state index contributed by atoms with van der Waals surface area (Å²) >= 11 is 0. The quantitative estimate of drug-likeness (QED) is 0.394. The highest BCUT2D eigenvalue weighted by molar-refractivity contribution is 6.42. The van der Waals surface area contributed by atoms with E-state index >= 15 is 0 Å². The molecule has 3 amide bonds. The van der Waals surface area contributed by atoms with Crippen LogP contribution in [0.25, 0.3) is 28.0 Å². The number of nitrogens with one attached hydrogen (secondary N) is 2. The molecule has 1 aromatic carbocycles. The first kappa shape index (κ1) is 13.2. The first-order valence-electron chi connectivity index (χ1n) is 6.86. The van der Waals surface area contributed by atoms with Crippen molar-refractivity contribution in [1.29, 1.82) is 0 Å². The molecule has 7 heteroatoms. The Labute approximate surface area is 129 Å². The topological polar surface area (TPSA) is 93.1 Å². The normalized spacial score (nSPS) is 16.9. The van der Waals surface area contributed by atoms with Crippen molar-refractivity contribution in [2.75, 3.05) is 0 Å². The van der Waals surface area contributed by atoms with Gasteiger partial charge in [-0.3, -0.25) is 24.7 Å². The van der Waals surface area contributed by atoms with Gasteiger partial charge in [-0.05, 0) is 12.1 Å². The number of para-hydroxylation sites is 1. The van der Waals surface area contributed by atoms with Gasteiger partial charge < -0.3 is 9.88 Å². The summed E-state index contributed by atoms with van der Waals surface area (Å²) in [6, 6.07) is 9.56. The lowest BCUT2D eigenvalue weighted by Crippen LogP contribution is -2.51. The Hall–Kier alpha value is -3.48. The van der Waals surface area contributed by atoms with E-state index < -0.39 is 17.7 Å². The van der Waals surface area contributed by atoms with Crippen LogP contribution in [0.2, 0.25) is 0 Å². The fourth-order valence-corrected chi connectivity index (χ4v) is 2.67. The molecule has 3 aromatic rings. The third kappa shape index (κ3) is 1.98. The van der Waals surface area contributed by atoms with E-state index in [1.54, 1.807) is 17.0 Å². The Bertz CT molecular complexity index is 979. The van der Waals surface area contributed by atoms with Gasteiger partial charge in [0.2, 0.25) is 0 Å². The maximum atomic E-state index is 11.9. The largest absolute Gasteiger partial charge is 0.316 e. The Balaban J connectivity index is 1.97. The number of rotatable bonds is 1. The van der Waals surface area contributed by atoms with Crippen molar-refractivity contribution in [3.8, 4) is 0 Å². The van der Waals surface area contributed by atoms with E-state index in [9.17, 15) is 14.4 Å². The second-order valence-electron chi connectivity index (χ2n) is 5.06. The molecule has 2 N–H and O–H groups in total. The van der Waals surface area contributed by atoms with Crippen LogP contribution in [0.4, 0.5) is 0 Å². The van der Waals surface area contributed by atoms with E-state index in [-0.39, 0.29) is 5.70 Å². The van der Waals surface area contributed by atoms with Gasteiger partial charge in [0.05, 0.1) is 17.2 Å². The van der Waals surface area contributed by atoms with Crippen molar-refractivity contribution < 1.29 is 14.4 Å². The molecule has 0 aliphatic carbocycles. The van der Waals surface area contributed by atoms with Crippen LogP contribution in [0, 0.1) is 0 Å². The molecule has 0 saturated carbocycles. The lowest BCUT2D eigenvalue weighted by molar-refractivity contribution is -0.143. The van der Waals surface area contributed by atoms with Crippen LogP contribution in [0.5, 0.6) is 0 Å². The van der Waals surface area contributed by atoms with Gasteiger partial charge in [-0.25, -0.2) is 0 Å². The Morgan fingerprint density at radius 1 is 0.870 bits per heavy atom. The number of carbonyl (C=O) groups excluding carboxylic acids is 3. The lowest BCUT2D eigenvalue weighted by atomic mass is 10.2. The van der Waals surface area contributed by atoms with Crippen molar-refractivity contribution in [3.05, 3.63) is 48.4 Å². The van der Waals surface area contributed by atoms with Crippen molar-refractivity contribution >= 4 is 45.7 Å². The molecule has 0 atom stereocenters. The van der Waals surface area contributed by atoms with E-state index in [1.165, 1.54) is 6.20 Å². The smallest absolute Gasteiger partial charge is 0.312 e. The van der Waals surface area contributed by atoms with Gasteiger partial charge in [-0.1, -0.05) is 18.2 Å². The number of amides is 3. The number of nitrogens with zero attached hydrogens (tertiary/aromatic N) is 2. The molecule has 0 spiro atoms. The van der Waals surface area contributed by atoms with Crippen LogP contribution in [0.3, 0.4) is 0 Å². The van der Waals surface area contributed by atoms with Gasteiger partial charge in [0.15, 0.2) is 0 Å². The summed E-state index contributed by atoms with van der Waals surface area (Å²) in [7, 11) is 0. The molecular weight excluding hydrogens is 296 g/mol. The molecule has 1 aliphatic rings. The highest BCUT2D eigenvalue weighted by atomic mass is 16.2. The molecule has 0 unspecified atom stereocenters. The van der Waals surface area contributed by atoms with Crippen LogP contribution in [-0.4, -0.2) is 27.3 Å². The van der Waals surface area contributed by atoms with E-state index in [4.69, 9.17) is 0 Å². The molecule has 1 aliphatic heterocycles. The molecule has 0 bridgehead atoms. The fraction of sp³-hybridized carbons (Fsp3) is 0. The van der Waals surface area contributed by atoms with Crippen LogP contribution < -0.4 is 10.6 Å². The predicted octanol–water partition coefficient (Wildman–Crippen LogP) is 0.760. The Morgan fingerprint density at radius 3 is 2.48 bits per heavy atom. The van der Waals surface area contributed by atoms with E-state index in [0.717, 1.165) is 21.8 Å². The minimum atomic E-state index is -0.962. The van der Waals surface area contributed by atoms with Crippen LogP contribution >= 0.6 is 0 Å². The van der Waals surface area contributed by atoms with Gasteiger partial charge in [0.1, 0.15) is 5.70 Å². The van der Waals surface area contributed by atoms with Gasteiger partial charge in [0, 0.05) is 23.2 Å². The molecule has 2 aromatic heterocycles. The molecule has 4 rings (SSSR count). The van der Waals surface area contributed by atoms with Crippen molar-refractivity contribution in [1.82, 2.24) is 20.2 Å². The van der Waals surface area contributed by atoms with Gasteiger partial charge >= 0.3 is 11.8 Å². The third-order valence-corrected chi connectivity index (χ3v) is 3.70. The molecule has 7 nitrogen and oxygen atoms in total. The van der Waals surface area contributed by atoms with Crippen molar-refractivity contribution in [2.45, 2.75) is 0 Å². The lowest BCUT2D eigenvalue weighted by Gasteiger charge is -2.15. The SMILES string of the molecule is O=C1NC(=O)/C(=C\n2c3ccccc3c3ccncc32)NC1=O. The van der Waals surface area contributed by atoms with E-state index in [2.05, 4.69) is 10.3 Å². The Morgan fingerprint density at radius 2 is 1.61 bits per heavy atom. The average molecular weight is 306 g/mol. The van der Waals surface area contributed by atoms with E-state index in [0.29, 0.717) is 0 Å².